The average Bonchev–Trinajstić information content (AvgIpc) is 3.31. The number of aromatic nitrogens is 4. The largest absolute Gasteiger partial charge is 0.361 e. The van der Waals surface area contributed by atoms with E-state index in [0.717, 1.165) is 33.3 Å². The first-order valence-electron chi connectivity index (χ1n) is 12.4. The molecule has 0 unspecified atom stereocenters. The van der Waals surface area contributed by atoms with Gasteiger partial charge in [-0.25, -0.2) is 9.97 Å². The van der Waals surface area contributed by atoms with E-state index >= 15 is 4.57 Å². The van der Waals surface area contributed by atoms with Crippen LogP contribution >= 0.6 is 7.14 Å². The van der Waals surface area contributed by atoms with Crippen LogP contribution in [-0.2, 0) is 16.0 Å². The van der Waals surface area contributed by atoms with Crippen molar-refractivity contribution >= 4 is 42.3 Å². The van der Waals surface area contributed by atoms with Gasteiger partial charge in [0.2, 0.25) is 0 Å². The highest BCUT2D eigenvalue weighted by molar-refractivity contribution is 7.85. The molecule has 0 saturated carbocycles. The molecule has 37 heavy (non-hydrogen) atoms. The van der Waals surface area contributed by atoms with Gasteiger partial charge in [0.15, 0.2) is 7.14 Å². The van der Waals surface area contributed by atoms with Crippen LogP contribution in [0.5, 0.6) is 0 Å². The number of benzene rings is 2. The van der Waals surface area contributed by atoms with E-state index in [-0.39, 0.29) is 6.73 Å². The topological polar surface area (TPSA) is 69.9 Å². The number of fused-ring (bicyclic) bond motifs is 1. The number of hydrogen-bond donors (Lipinski definition) is 0. The summed E-state index contributed by atoms with van der Waals surface area (Å²) in [6.45, 7) is 7.91. The molecule has 0 N–H and O–H groups in total. The van der Waals surface area contributed by atoms with E-state index in [4.69, 9.17) is 4.74 Å². The predicted octanol–water partition coefficient (Wildman–Crippen LogP) is 5.45. The third kappa shape index (κ3) is 5.21. The molecule has 0 saturated heterocycles. The molecule has 2 aromatic carbocycles. The quantitative estimate of drug-likeness (QED) is 0.145. The molecule has 3 aromatic heterocycles. The molecule has 0 spiro atoms. The van der Waals surface area contributed by atoms with Crippen LogP contribution in [0, 0.1) is 0 Å². The Morgan fingerprint density at radius 1 is 0.865 bits per heavy atom. The maximum atomic E-state index is 15.3. The zero-order valence-corrected chi connectivity index (χ0v) is 23.3. The van der Waals surface area contributed by atoms with E-state index in [9.17, 15) is 0 Å². The summed E-state index contributed by atoms with van der Waals surface area (Å²) in [5.74, 6) is 0. The zero-order chi connectivity index (χ0) is 25.9. The van der Waals surface area contributed by atoms with E-state index < -0.39 is 15.2 Å². The molecular weight excluding hydrogens is 495 g/mol. The number of pyridine rings is 1. The van der Waals surface area contributed by atoms with Crippen molar-refractivity contribution < 1.29 is 9.30 Å². The van der Waals surface area contributed by atoms with Gasteiger partial charge < -0.3 is 9.30 Å². The summed E-state index contributed by atoms with van der Waals surface area (Å²) >= 11 is 0. The predicted molar refractivity (Wildman–Crippen MR) is 154 cm³/mol. The van der Waals surface area contributed by atoms with Crippen molar-refractivity contribution in [3.63, 3.8) is 0 Å². The summed E-state index contributed by atoms with van der Waals surface area (Å²) in [6.07, 6.45) is 5.06. The summed E-state index contributed by atoms with van der Waals surface area (Å²) in [7, 11) is -4.53. The lowest BCUT2D eigenvalue weighted by Crippen LogP contribution is -2.31. The standard InChI is InChI=1S/C29H31N4O2PSi/c1-37(2,3)19-18-35-22-33-27(20-26-28(31-21-32-29(26)33)23-14-16-30-17-15-23)36(34,24-10-6-4-7-11-24)25-12-8-5-9-13-25/h4-17,20-21H,18-19,22H2,1-3H3. The molecule has 0 aliphatic rings. The second-order valence-corrected chi connectivity index (χ2v) is 18.6. The second-order valence-electron chi connectivity index (χ2n) is 10.3. The second kappa shape index (κ2) is 10.5. The SMILES string of the molecule is C[Si](C)(C)CCOCn1c(P(=O)(c2ccccc2)c2ccccc2)cc2c(-c3ccncc3)ncnc21. The Bertz CT molecular complexity index is 1490. The first-order valence-corrected chi connectivity index (χ1v) is 17.8. The Kier molecular flexibility index (Phi) is 7.20. The van der Waals surface area contributed by atoms with Crippen LogP contribution in [0.15, 0.2) is 97.6 Å². The molecule has 0 fully saturated rings. The van der Waals surface area contributed by atoms with Gasteiger partial charge >= 0.3 is 0 Å². The molecule has 0 atom stereocenters. The van der Waals surface area contributed by atoms with Crippen LogP contribution in [0.3, 0.4) is 0 Å². The summed E-state index contributed by atoms with van der Waals surface area (Å²) in [6, 6.07) is 26.3. The van der Waals surface area contributed by atoms with E-state index in [0.29, 0.717) is 17.7 Å². The van der Waals surface area contributed by atoms with Crippen molar-refractivity contribution in [1.82, 2.24) is 19.5 Å². The molecule has 8 heteroatoms. The Morgan fingerprint density at radius 3 is 2.08 bits per heavy atom. The van der Waals surface area contributed by atoms with Crippen molar-refractivity contribution in [2.45, 2.75) is 32.4 Å². The fourth-order valence-electron chi connectivity index (χ4n) is 4.40. The molecule has 188 valence electrons. The van der Waals surface area contributed by atoms with Gasteiger partial charge in [0.05, 0.1) is 11.1 Å². The van der Waals surface area contributed by atoms with Gasteiger partial charge in [0.25, 0.3) is 0 Å². The summed E-state index contributed by atoms with van der Waals surface area (Å²) in [4.78, 5) is 13.4. The Morgan fingerprint density at radius 2 is 1.49 bits per heavy atom. The van der Waals surface area contributed by atoms with Gasteiger partial charge in [-0.05, 0) is 24.2 Å². The molecule has 0 radical (unpaired) electrons. The monoisotopic (exact) mass is 526 g/mol. The zero-order valence-electron chi connectivity index (χ0n) is 21.4. The van der Waals surface area contributed by atoms with Gasteiger partial charge in [-0.3, -0.25) is 9.55 Å². The van der Waals surface area contributed by atoms with Crippen LogP contribution < -0.4 is 16.0 Å². The molecule has 0 bridgehead atoms. The lowest BCUT2D eigenvalue weighted by atomic mass is 10.1. The van der Waals surface area contributed by atoms with Crippen LogP contribution in [-0.4, -0.2) is 34.2 Å². The van der Waals surface area contributed by atoms with Crippen molar-refractivity contribution in [2.75, 3.05) is 6.61 Å². The lowest BCUT2D eigenvalue weighted by Gasteiger charge is -2.22. The van der Waals surface area contributed by atoms with Gasteiger partial charge in [-0.15, -0.1) is 0 Å². The highest BCUT2D eigenvalue weighted by Crippen LogP contribution is 2.44. The van der Waals surface area contributed by atoms with E-state index in [1.807, 2.05) is 83.4 Å². The van der Waals surface area contributed by atoms with Crippen molar-refractivity contribution in [3.8, 4) is 11.3 Å². The molecule has 3 heterocycles. The Labute approximate surface area is 218 Å². The highest BCUT2D eigenvalue weighted by atomic mass is 31.2. The average molecular weight is 527 g/mol. The molecule has 5 aromatic rings. The minimum atomic E-state index is -3.27. The fraction of sp³-hybridized carbons (Fsp3) is 0.207. The minimum Gasteiger partial charge on any atom is -0.361 e. The number of hydrogen-bond acceptors (Lipinski definition) is 5. The lowest BCUT2D eigenvalue weighted by molar-refractivity contribution is 0.0917. The van der Waals surface area contributed by atoms with Gasteiger partial charge in [0.1, 0.15) is 18.7 Å². The highest BCUT2D eigenvalue weighted by Gasteiger charge is 2.34. The van der Waals surface area contributed by atoms with Gasteiger partial charge in [-0.2, -0.15) is 0 Å². The van der Waals surface area contributed by atoms with Crippen molar-refractivity contribution in [2.24, 2.45) is 0 Å². The van der Waals surface area contributed by atoms with Crippen LogP contribution in [0.1, 0.15) is 0 Å². The first-order chi connectivity index (χ1) is 17.9. The smallest absolute Gasteiger partial charge is 0.186 e. The van der Waals surface area contributed by atoms with Crippen molar-refractivity contribution in [3.05, 3.63) is 97.6 Å². The van der Waals surface area contributed by atoms with Crippen LogP contribution in [0.4, 0.5) is 0 Å². The third-order valence-electron chi connectivity index (χ3n) is 6.40. The Balaban J connectivity index is 1.73. The number of ether oxygens (including phenoxy) is 1. The molecule has 5 rings (SSSR count). The maximum absolute atomic E-state index is 15.3. The molecule has 0 amide bonds. The molecule has 0 aliphatic carbocycles. The van der Waals surface area contributed by atoms with E-state index in [1.54, 1.807) is 18.7 Å². The fourth-order valence-corrected chi connectivity index (χ4v) is 7.97. The molecule has 6 nitrogen and oxygen atoms in total. The van der Waals surface area contributed by atoms with E-state index in [1.165, 1.54) is 0 Å². The van der Waals surface area contributed by atoms with Gasteiger partial charge in [0, 0.05) is 48.6 Å². The number of nitrogens with zero attached hydrogens (tertiary/aromatic N) is 4. The third-order valence-corrected chi connectivity index (χ3v) is 11.2. The maximum Gasteiger partial charge on any atom is 0.186 e. The Hall–Kier alpha value is -3.38. The number of rotatable bonds is 9. The normalized spacial score (nSPS) is 12.2. The van der Waals surface area contributed by atoms with Crippen LogP contribution in [0.25, 0.3) is 22.3 Å². The molecule has 0 aliphatic heterocycles. The van der Waals surface area contributed by atoms with Crippen molar-refractivity contribution in [1.29, 1.82) is 0 Å². The summed E-state index contributed by atoms with van der Waals surface area (Å²) < 4.78 is 23.5. The minimum absolute atomic E-state index is 0.264. The first kappa shape index (κ1) is 25.3. The van der Waals surface area contributed by atoms with Crippen LogP contribution in [0.2, 0.25) is 25.7 Å². The van der Waals surface area contributed by atoms with Gasteiger partial charge in [-0.1, -0.05) is 80.3 Å². The molecular formula is C29H31N4O2PSi. The summed E-state index contributed by atoms with van der Waals surface area (Å²) in [5, 5.41) is 2.38. The van der Waals surface area contributed by atoms with E-state index in [2.05, 4.69) is 34.6 Å². The summed E-state index contributed by atoms with van der Waals surface area (Å²) in [5.41, 5.74) is 3.10.